The first kappa shape index (κ1) is 20.9. The topological polar surface area (TPSA) is 75.7 Å². The van der Waals surface area contributed by atoms with Crippen molar-refractivity contribution >= 4 is 44.8 Å². The van der Waals surface area contributed by atoms with Crippen LogP contribution >= 0.6 is 23.2 Å². The Bertz CT molecular complexity index is 982. The maximum absolute atomic E-state index is 13.0. The van der Waals surface area contributed by atoms with Crippen LogP contribution in [0.25, 0.3) is 0 Å². The number of rotatable bonds is 5. The van der Waals surface area contributed by atoms with E-state index in [1.54, 1.807) is 31.4 Å². The van der Waals surface area contributed by atoms with Gasteiger partial charge in [-0.05, 0) is 43.2 Å². The van der Waals surface area contributed by atoms with Gasteiger partial charge < -0.3 is 10.1 Å². The second kappa shape index (κ2) is 8.69. The highest BCUT2D eigenvalue weighted by molar-refractivity contribution is 7.89. The van der Waals surface area contributed by atoms with Crippen LogP contribution in [-0.4, -0.2) is 38.8 Å². The van der Waals surface area contributed by atoms with E-state index in [9.17, 15) is 13.2 Å². The summed E-state index contributed by atoms with van der Waals surface area (Å²) in [7, 11) is -2.30. The third-order valence-corrected chi connectivity index (χ3v) is 7.19. The number of benzene rings is 2. The second-order valence-corrected chi connectivity index (χ2v) is 9.25. The molecule has 2 aromatic carbocycles. The van der Waals surface area contributed by atoms with E-state index in [4.69, 9.17) is 27.9 Å². The van der Waals surface area contributed by atoms with Crippen LogP contribution < -0.4 is 10.1 Å². The second-order valence-electron chi connectivity index (χ2n) is 6.50. The molecule has 1 aliphatic heterocycles. The van der Waals surface area contributed by atoms with Crippen molar-refractivity contribution in [2.45, 2.75) is 17.7 Å². The molecule has 0 unspecified atom stereocenters. The van der Waals surface area contributed by atoms with Crippen molar-refractivity contribution in [1.82, 2.24) is 4.31 Å². The maximum Gasteiger partial charge on any atom is 0.244 e. The number of carbonyl (C=O) groups is 1. The van der Waals surface area contributed by atoms with Gasteiger partial charge in [-0.25, -0.2) is 8.42 Å². The van der Waals surface area contributed by atoms with E-state index in [-0.39, 0.29) is 27.4 Å². The molecule has 2 aromatic rings. The molecule has 28 heavy (non-hydrogen) atoms. The summed E-state index contributed by atoms with van der Waals surface area (Å²) in [6.07, 6.45) is 1.18. The van der Waals surface area contributed by atoms with Gasteiger partial charge in [-0.15, -0.1) is 0 Å². The van der Waals surface area contributed by atoms with Gasteiger partial charge in [0.2, 0.25) is 15.9 Å². The predicted octanol–water partition coefficient (Wildman–Crippen LogP) is 4.04. The summed E-state index contributed by atoms with van der Waals surface area (Å²) in [6, 6.07) is 11.3. The molecule has 1 heterocycles. The summed E-state index contributed by atoms with van der Waals surface area (Å²) in [5.74, 6) is -0.0701. The maximum atomic E-state index is 13.0. The standard InChI is InChI=1S/C19H20Cl2N2O4S/c1-27-16-6-2-5-15(11-16)22-19(24)13-4-3-9-23(12-13)28(25,26)18-10-14(20)7-8-17(18)21/h2,5-8,10-11,13H,3-4,9,12H2,1H3,(H,22,24)/t13-/m0/s1. The van der Waals surface area contributed by atoms with Crippen molar-refractivity contribution in [2.75, 3.05) is 25.5 Å². The van der Waals surface area contributed by atoms with Crippen LogP contribution in [0, 0.1) is 5.92 Å². The third kappa shape index (κ3) is 4.60. The van der Waals surface area contributed by atoms with Gasteiger partial charge >= 0.3 is 0 Å². The van der Waals surface area contributed by atoms with Crippen molar-refractivity contribution in [1.29, 1.82) is 0 Å². The van der Waals surface area contributed by atoms with Crippen LogP contribution in [0.15, 0.2) is 47.4 Å². The van der Waals surface area contributed by atoms with Crippen LogP contribution in [0.3, 0.4) is 0 Å². The van der Waals surface area contributed by atoms with Crippen molar-refractivity contribution in [2.24, 2.45) is 5.92 Å². The van der Waals surface area contributed by atoms with Gasteiger partial charge in [-0.3, -0.25) is 4.79 Å². The van der Waals surface area contributed by atoms with E-state index in [1.807, 2.05) is 0 Å². The van der Waals surface area contributed by atoms with E-state index < -0.39 is 15.9 Å². The number of nitrogens with one attached hydrogen (secondary N) is 1. The summed E-state index contributed by atoms with van der Waals surface area (Å²) in [5.41, 5.74) is 0.599. The number of amides is 1. The van der Waals surface area contributed by atoms with Gasteiger partial charge in [0.1, 0.15) is 10.6 Å². The number of piperidine rings is 1. The van der Waals surface area contributed by atoms with E-state index >= 15 is 0 Å². The Balaban J connectivity index is 1.76. The van der Waals surface area contributed by atoms with Crippen LogP contribution in [-0.2, 0) is 14.8 Å². The van der Waals surface area contributed by atoms with Crippen LogP contribution in [0.1, 0.15) is 12.8 Å². The zero-order chi connectivity index (χ0) is 20.3. The predicted molar refractivity (Wildman–Crippen MR) is 110 cm³/mol. The molecule has 0 aromatic heterocycles. The summed E-state index contributed by atoms with van der Waals surface area (Å²) in [5, 5.41) is 3.22. The number of sulfonamides is 1. The highest BCUT2D eigenvalue weighted by atomic mass is 35.5. The Morgan fingerprint density at radius 2 is 2.00 bits per heavy atom. The number of ether oxygens (including phenoxy) is 1. The number of carbonyl (C=O) groups excluding carboxylic acids is 1. The molecule has 0 radical (unpaired) electrons. The summed E-state index contributed by atoms with van der Waals surface area (Å²) in [4.78, 5) is 12.6. The Morgan fingerprint density at radius 3 is 2.75 bits per heavy atom. The summed E-state index contributed by atoms with van der Waals surface area (Å²) in [6.45, 7) is 0.412. The Morgan fingerprint density at radius 1 is 1.21 bits per heavy atom. The molecule has 1 N–H and O–H groups in total. The highest BCUT2D eigenvalue weighted by Gasteiger charge is 2.34. The molecule has 0 spiro atoms. The molecule has 0 aliphatic carbocycles. The number of hydrogen-bond acceptors (Lipinski definition) is 4. The van der Waals surface area contributed by atoms with Gasteiger partial charge in [0.25, 0.3) is 0 Å². The zero-order valence-corrected chi connectivity index (χ0v) is 17.5. The van der Waals surface area contributed by atoms with Gasteiger partial charge in [-0.2, -0.15) is 4.31 Å². The summed E-state index contributed by atoms with van der Waals surface area (Å²) >= 11 is 12.0. The normalized spacial score (nSPS) is 17.9. The molecule has 1 atom stereocenters. The quantitative estimate of drug-likeness (QED) is 0.757. The number of hydrogen-bond donors (Lipinski definition) is 1. The minimum Gasteiger partial charge on any atom is -0.497 e. The molecule has 150 valence electrons. The van der Waals surface area contributed by atoms with Gasteiger partial charge in [0.05, 0.1) is 18.1 Å². The van der Waals surface area contributed by atoms with Crippen molar-refractivity contribution in [3.63, 3.8) is 0 Å². The highest BCUT2D eigenvalue weighted by Crippen LogP contribution is 2.30. The minimum absolute atomic E-state index is 0.0458. The van der Waals surface area contributed by atoms with E-state index in [1.165, 1.54) is 22.5 Å². The number of halogens is 2. The molecule has 1 aliphatic rings. The van der Waals surface area contributed by atoms with Crippen LogP contribution in [0.2, 0.25) is 10.0 Å². The van der Waals surface area contributed by atoms with Crippen LogP contribution in [0.4, 0.5) is 5.69 Å². The fourth-order valence-corrected chi connectivity index (χ4v) is 5.39. The number of nitrogens with zero attached hydrogens (tertiary/aromatic N) is 1. The average Bonchev–Trinajstić information content (AvgIpc) is 2.70. The first-order chi connectivity index (χ1) is 13.3. The average molecular weight is 443 g/mol. The largest absolute Gasteiger partial charge is 0.497 e. The summed E-state index contributed by atoms with van der Waals surface area (Å²) < 4.78 is 32.5. The minimum atomic E-state index is -3.85. The number of methoxy groups -OCH3 is 1. The smallest absolute Gasteiger partial charge is 0.244 e. The third-order valence-electron chi connectivity index (χ3n) is 4.60. The molecule has 0 bridgehead atoms. The van der Waals surface area contributed by atoms with Crippen molar-refractivity contribution < 1.29 is 17.9 Å². The molecular formula is C19H20Cl2N2O4S. The van der Waals surface area contributed by atoms with Gasteiger partial charge in [0.15, 0.2) is 0 Å². The van der Waals surface area contributed by atoms with E-state index in [0.717, 1.165) is 0 Å². The fraction of sp³-hybridized carbons (Fsp3) is 0.316. The Kier molecular flexibility index (Phi) is 6.50. The van der Waals surface area contributed by atoms with Crippen LogP contribution in [0.5, 0.6) is 5.75 Å². The lowest BCUT2D eigenvalue weighted by Gasteiger charge is -2.31. The molecule has 1 saturated heterocycles. The molecule has 1 amide bonds. The van der Waals surface area contributed by atoms with Crippen molar-refractivity contribution in [3.8, 4) is 5.75 Å². The SMILES string of the molecule is COc1cccc(NC(=O)[C@H]2CCCN(S(=O)(=O)c3cc(Cl)ccc3Cl)C2)c1. The molecule has 6 nitrogen and oxygen atoms in total. The first-order valence-electron chi connectivity index (χ1n) is 8.71. The lowest BCUT2D eigenvalue weighted by atomic mass is 9.98. The fourth-order valence-electron chi connectivity index (χ4n) is 3.13. The van der Waals surface area contributed by atoms with Gasteiger partial charge in [0, 0.05) is 29.9 Å². The lowest BCUT2D eigenvalue weighted by molar-refractivity contribution is -0.120. The Labute approximate surface area is 174 Å². The zero-order valence-electron chi connectivity index (χ0n) is 15.2. The molecule has 0 saturated carbocycles. The molecule has 1 fully saturated rings. The molecular weight excluding hydrogens is 423 g/mol. The lowest BCUT2D eigenvalue weighted by Crippen LogP contribution is -2.43. The molecule has 3 rings (SSSR count). The van der Waals surface area contributed by atoms with Gasteiger partial charge in [-0.1, -0.05) is 29.3 Å². The van der Waals surface area contributed by atoms with Crippen molar-refractivity contribution in [3.05, 3.63) is 52.5 Å². The van der Waals surface area contributed by atoms with E-state index in [0.29, 0.717) is 30.8 Å². The first-order valence-corrected chi connectivity index (χ1v) is 10.9. The Hall–Kier alpha value is -1.80. The number of anilines is 1. The monoisotopic (exact) mass is 442 g/mol. The molecule has 9 heteroatoms. The van der Waals surface area contributed by atoms with E-state index in [2.05, 4.69) is 5.32 Å².